The van der Waals surface area contributed by atoms with E-state index in [9.17, 15) is 9.59 Å². The van der Waals surface area contributed by atoms with Gasteiger partial charge in [0, 0.05) is 11.3 Å². The first kappa shape index (κ1) is 24.6. The molecule has 1 atom stereocenters. The number of anilines is 1. The average molecular weight is 515 g/mol. The van der Waals surface area contributed by atoms with E-state index in [1.165, 1.54) is 0 Å². The van der Waals surface area contributed by atoms with E-state index in [2.05, 4.69) is 36.5 Å². The van der Waals surface area contributed by atoms with Gasteiger partial charge >= 0.3 is 5.97 Å². The summed E-state index contributed by atoms with van der Waals surface area (Å²) in [6.07, 6.45) is 0.324. The van der Waals surface area contributed by atoms with Crippen LogP contribution in [0.1, 0.15) is 38.3 Å². The monoisotopic (exact) mass is 514 g/mol. The van der Waals surface area contributed by atoms with Crippen molar-refractivity contribution < 1.29 is 19.1 Å². The second-order valence-corrected chi connectivity index (χ2v) is 9.45. The van der Waals surface area contributed by atoms with Crippen molar-refractivity contribution in [1.82, 2.24) is 0 Å². The summed E-state index contributed by atoms with van der Waals surface area (Å²) in [5, 5.41) is 10.7. The van der Waals surface area contributed by atoms with E-state index in [-0.39, 0.29) is 12.3 Å². The lowest BCUT2D eigenvalue weighted by Crippen LogP contribution is -2.31. The van der Waals surface area contributed by atoms with Crippen molar-refractivity contribution >= 4 is 39.3 Å². The van der Waals surface area contributed by atoms with E-state index >= 15 is 0 Å². The molecule has 33 heavy (non-hydrogen) atoms. The third-order valence-electron chi connectivity index (χ3n) is 4.76. The fourth-order valence-corrected chi connectivity index (χ4v) is 3.88. The molecular weight excluding hydrogens is 488 g/mol. The van der Waals surface area contributed by atoms with Crippen LogP contribution in [0.3, 0.4) is 0 Å². The number of esters is 1. The van der Waals surface area contributed by atoms with Gasteiger partial charge in [0.05, 0.1) is 23.9 Å². The van der Waals surface area contributed by atoms with Crippen molar-refractivity contribution in [2.24, 2.45) is 21.1 Å². The molecule has 1 aliphatic heterocycles. The van der Waals surface area contributed by atoms with Gasteiger partial charge in [0.25, 0.3) is 0 Å². The molecule has 0 fully saturated rings. The van der Waals surface area contributed by atoms with Gasteiger partial charge in [-0.1, -0.05) is 6.07 Å². The van der Waals surface area contributed by atoms with Crippen LogP contribution in [0.25, 0.3) is 0 Å². The highest BCUT2D eigenvalue weighted by atomic mass is 79.9. The van der Waals surface area contributed by atoms with E-state index in [0.717, 1.165) is 15.6 Å². The molecule has 0 saturated carbocycles. The van der Waals surface area contributed by atoms with Crippen LogP contribution in [0, 0.1) is 5.92 Å². The number of methoxy groups -OCH3 is 1. The van der Waals surface area contributed by atoms with Crippen molar-refractivity contribution in [2.75, 3.05) is 19.1 Å². The lowest BCUT2D eigenvalue weighted by Gasteiger charge is -2.22. The smallest absolute Gasteiger partial charge is 0.307 e. The molecule has 0 unspecified atom stereocenters. The highest BCUT2D eigenvalue weighted by Gasteiger charge is 2.26. The van der Waals surface area contributed by atoms with Gasteiger partial charge < -0.3 is 14.8 Å². The number of amidine groups is 1. The maximum absolute atomic E-state index is 13.2. The number of ether oxygens (including phenoxy) is 2. The molecule has 0 aliphatic carbocycles. The first-order valence-corrected chi connectivity index (χ1v) is 11.3. The van der Waals surface area contributed by atoms with Gasteiger partial charge in [-0.2, -0.15) is 5.11 Å². The Hall–Kier alpha value is -3.07. The Morgan fingerprint density at radius 2 is 1.88 bits per heavy atom. The Bertz CT molecular complexity index is 1070. The quantitative estimate of drug-likeness (QED) is 0.491. The Morgan fingerprint density at radius 3 is 2.45 bits per heavy atom. The summed E-state index contributed by atoms with van der Waals surface area (Å²) in [7, 11) is 1.59. The largest absolute Gasteiger partial charge is 0.496 e. The highest BCUT2D eigenvalue weighted by Crippen LogP contribution is 2.28. The van der Waals surface area contributed by atoms with Crippen LogP contribution in [0.4, 0.5) is 5.69 Å². The molecule has 1 aliphatic rings. The molecule has 0 bridgehead atoms. The number of benzene rings is 2. The fraction of sp³-hybridized carbons (Fsp3) is 0.375. The van der Waals surface area contributed by atoms with E-state index in [1.807, 2.05) is 30.3 Å². The van der Waals surface area contributed by atoms with Gasteiger partial charge in [-0.15, -0.1) is 5.11 Å². The minimum Gasteiger partial charge on any atom is -0.496 e. The van der Waals surface area contributed by atoms with Crippen molar-refractivity contribution in [3.63, 3.8) is 0 Å². The van der Waals surface area contributed by atoms with Crippen LogP contribution in [0.2, 0.25) is 0 Å². The molecular formula is C24H27BrN4O4. The first-order chi connectivity index (χ1) is 15.6. The number of aliphatic imine (C=N–C) groups is 1. The van der Waals surface area contributed by atoms with Crippen molar-refractivity contribution in [1.29, 1.82) is 0 Å². The second-order valence-electron chi connectivity index (χ2n) is 8.59. The molecule has 8 nitrogen and oxygen atoms in total. The van der Waals surface area contributed by atoms with Crippen LogP contribution >= 0.6 is 15.9 Å². The van der Waals surface area contributed by atoms with E-state index < -0.39 is 17.5 Å². The van der Waals surface area contributed by atoms with Crippen molar-refractivity contribution in [3.8, 4) is 5.75 Å². The normalized spacial score (nSPS) is 13.9. The summed E-state index contributed by atoms with van der Waals surface area (Å²) >= 11 is 3.47. The van der Waals surface area contributed by atoms with E-state index in [1.54, 1.807) is 40.0 Å². The minimum atomic E-state index is -0.628. The maximum atomic E-state index is 13.2. The summed E-state index contributed by atoms with van der Waals surface area (Å²) in [6.45, 7) is 5.74. The molecule has 1 amide bonds. The van der Waals surface area contributed by atoms with E-state index in [4.69, 9.17) is 9.47 Å². The maximum Gasteiger partial charge on any atom is 0.307 e. The molecule has 3 rings (SSSR count). The van der Waals surface area contributed by atoms with Gasteiger partial charge in [-0.25, -0.2) is 4.99 Å². The summed E-state index contributed by atoms with van der Waals surface area (Å²) in [5.74, 6) is -0.0411. The minimum absolute atomic E-state index is 0.0397. The van der Waals surface area contributed by atoms with Gasteiger partial charge in [0.15, 0.2) is 12.5 Å². The van der Waals surface area contributed by atoms with Crippen LogP contribution in [-0.2, 0) is 20.7 Å². The predicted octanol–water partition coefficient (Wildman–Crippen LogP) is 5.16. The van der Waals surface area contributed by atoms with Gasteiger partial charge in [-0.05, 0) is 85.1 Å². The van der Waals surface area contributed by atoms with Crippen molar-refractivity contribution in [2.45, 2.75) is 39.2 Å². The molecule has 1 N–H and O–H groups in total. The topological polar surface area (TPSA) is 102 Å². The Labute approximate surface area is 201 Å². The van der Waals surface area contributed by atoms with Crippen LogP contribution in [0.5, 0.6) is 5.75 Å². The molecule has 0 saturated heterocycles. The fourth-order valence-electron chi connectivity index (χ4n) is 3.29. The first-order valence-electron chi connectivity index (χ1n) is 10.5. The molecule has 2 aromatic carbocycles. The lowest BCUT2D eigenvalue weighted by molar-refractivity contribution is -0.157. The van der Waals surface area contributed by atoms with Crippen molar-refractivity contribution in [3.05, 3.63) is 58.1 Å². The standard InChI is InChI=1S/C24H27BrN4O4/c1-24(2,3)33-21(30)13-17(11-15-5-10-20(32-4)19(25)12-15)23(31)28-18-8-6-16(7-9-18)22-26-14-27-29-22/h5-10,12,17H,11,13-14H2,1-4H3,(H,28,31)/t17-/m1/s1. The summed E-state index contributed by atoms with van der Waals surface area (Å²) in [5.41, 5.74) is 1.70. The molecule has 1 heterocycles. The zero-order chi connectivity index (χ0) is 24.0. The van der Waals surface area contributed by atoms with Crippen LogP contribution in [0.15, 0.2) is 62.2 Å². The number of carbonyl (C=O) groups is 2. The summed E-state index contributed by atoms with van der Waals surface area (Å²) < 4.78 is 11.5. The number of azo groups is 1. The molecule has 174 valence electrons. The highest BCUT2D eigenvalue weighted by molar-refractivity contribution is 9.10. The average Bonchev–Trinajstić information content (AvgIpc) is 3.27. The molecule has 0 radical (unpaired) electrons. The molecule has 9 heteroatoms. The number of nitrogens with one attached hydrogen (secondary N) is 1. The summed E-state index contributed by atoms with van der Waals surface area (Å²) in [6, 6.07) is 12.8. The zero-order valence-corrected chi connectivity index (χ0v) is 20.7. The number of hydrogen-bond acceptors (Lipinski definition) is 7. The van der Waals surface area contributed by atoms with Gasteiger partial charge in [0.2, 0.25) is 5.91 Å². The predicted molar refractivity (Wildman–Crippen MR) is 130 cm³/mol. The molecule has 2 aromatic rings. The van der Waals surface area contributed by atoms with Gasteiger partial charge in [0.1, 0.15) is 11.4 Å². The van der Waals surface area contributed by atoms with E-state index in [0.29, 0.717) is 30.4 Å². The van der Waals surface area contributed by atoms with Crippen LogP contribution in [-0.4, -0.2) is 37.1 Å². The number of amides is 1. The number of hydrogen-bond donors (Lipinski definition) is 1. The molecule has 0 spiro atoms. The third-order valence-corrected chi connectivity index (χ3v) is 5.38. The van der Waals surface area contributed by atoms with Crippen LogP contribution < -0.4 is 10.1 Å². The van der Waals surface area contributed by atoms with Gasteiger partial charge in [-0.3, -0.25) is 9.59 Å². The number of rotatable bonds is 8. The number of halogens is 1. The SMILES string of the molecule is COc1ccc(C[C@H](CC(=O)OC(C)(C)C)C(=O)Nc2ccc(C3=NCN=N3)cc2)cc1Br. The number of carbonyl (C=O) groups excluding carboxylic acids is 2. The molecule has 0 aromatic heterocycles. The summed E-state index contributed by atoms with van der Waals surface area (Å²) in [4.78, 5) is 29.9. The second kappa shape index (κ2) is 10.7. The Balaban J connectivity index is 1.75. The zero-order valence-electron chi connectivity index (χ0n) is 19.1. The third kappa shape index (κ3) is 7.21. The Kier molecular flexibility index (Phi) is 7.97. The Morgan fingerprint density at radius 1 is 1.15 bits per heavy atom. The number of nitrogens with zero attached hydrogens (tertiary/aromatic N) is 3. The lowest BCUT2D eigenvalue weighted by atomic mass is 9.95.